The Balaban J connectivity index is 2.17. The Kier molecular flexibility index (Phi) is 6.07. The molecule has 0 aliphatic carbocycles. The van der Waals surface area contributed by atoms with Crippen molar-refractivity contribution in [2.24, 2.45) is 11.5 Å². The Morgan fingerprint density at radius 1 is 1.00 bits per heavy atom. The second-order valence-electron chi connectivity index (χ2n) is 5.35. The summed E-state index contributed by atoms with van der Waals surface area (Å²) in [4.78, 5) is 35.0. The third kappa shape index (κ3) is 4.87. The van der Waals surface area contributed by atoms with Crippen LogP contribution in [0.4, 0.5) is 5.69 Å². The van der Waals surface area contributed by atoms with Gasteiger partial charge in [0.05, 0.1) is 5.02 Å². The summed E-state index contributed by atoms with van der Waals surface area (Å²) >= 11 is 11.8. The third-order valence-electron chi connectivity index (χ3n) is 3.34. The molecule has 2 rings (SSSR count). The molecule has 1 unspecified atom stereocenters. The summed E-state index contributed by atoms with van der Waals surface area (Å²) in [5.41, 5.74) is 10.7. The highest BCUT2D eigenvalue weighted by Crippen LogP contribution is 2.28. The van der Waals surface area contributed by atoms with Crippen LogP contribution in [-0.4, -0.2) is 23.8 Å². The molecule has 2 aromatic rings. The van der Waals surface area contributed by atoms with Crippen LogP contribution in [0.5, 0.6) is 5.75 Å². The van der Waals surface area contributed by atoms with Crippen molar-refractivity contribution in [1.82, 2.24) is 0 Å². The van der Waals surface area contributed by atoms with E-state index in [1.807, 2.05) is 0 Å². The van der Waals surface area contributed by atoms with E-state index in [2.05, 4.69) is 5.32 Å². The van der Waals surface area contributed by atoms with Gasteiger partial charge in [-0.3, -0.25) is 14.4 Å². The summed E-state index contributed by atoms with van der Waals surface area (Å²) in [5.74, 6) is -1.78. The van der Waals surface area contributed by atoms with Gasteiger partial charge in [-0.15, -0.1) is 0 Å². The Bertz CT molecular complexity index is 854. The van der Waals surface area contributed by atoms with E-state index in [-0.39, 0.29) is 27.6 Å². The molecule has 3 amide bonds. The molecular weight excluding hydrogens is 381 g/mol. The number of nitrogens with two attached hydrogens (primary N) is 2. The maximum Gasteiger partial charge on any atom is 0.265 e. The molecular formula is C17H15Cl2N3O4. The highest BCUT2D eigenvalue weighted by atomic mass is 35.5. The Labute approximate surface area is 159 Å². The largest absolute Gasteiger partial charge is 0.479 e. The van der Waals surface area contributed by atoms with Crippen LogP contribution in [0.1, 0.15) is 27.6 Å². The molecule has 0 saturated heterocycles. The fraction of sp³-hybridized carbons (Fsp3) is 0.118. The number of halogens is 2. The van der Waals surface area contributed by atoms with E-state index in [1.54, 1.807) is 6.07 Å². The van der Waals surface area contributed by atoms with E-state index in [4.69, 9.17) is 39.4 Å². The Morgan fingerprint density at radius 3 is 2.08 bits per heavy atom. The van der Waals surface area contributed by atoms with Crippen LogP contribution in [0.2, 0.25) is 10.0 Å². The van der Waals surface area contributed by atoms with E-state index >= 15 is 0 Å². The number of rotatable bonds is 6. The average Bonchev–Trinajstić information content (AvgIpc) is 2.56. The number of carbonyl (C=O) groups is 3. The fourth-order valence-corrected chi connectivity index (χ4v) is 2.50. The normalized spacial score (nSPS) is 11.5. The van der Waals surface area contributed by atoms with Gasteiger partial charge in [-0.2, -0.15) is 0 Å². The lowest BCUT2D eigenvalue weighted by molar-refractivity contribution is -0.122. The molecule has 26 heavy (non-hydrogen) atoms. The smallest absolute Gasteiger partial charge is 0.265 e. The first-order chi connectivity index (χ1) is 12.2. The molecule has 0 heterocycles. The second-order valence-corrected chi connectivity index (χ2v) is 6.20. The van der Waals surface area contributed by atoms with Crippen LogP contribution in [0, 0.1) is 0 Å². The minimum atomic E-state index is -0.928. The zero-order valence-electron chi connectivity index (χ0n) is 13.6. The summed E-state index contributed by atoms with van der Waals surface area (Å²) < 4.78 is 5.50. The first-order valence-electron chi connectivity index (χ1n) is 7.34. The summed E-state index contributed by atoms with van der Waals surface area (Å²) in [6.45, 7) is 1.51. The average molecular weight is 396 g/mol. The molecule has 0 saturated carbocycles. The first-order valence-corrected chi connectivity index (χ1v) is 8.10. The number of hydrogen-bond acceptors (Lipinski definition) is 4. The van der Waals surface area contributed by atoms with E-state index in [9.17, 15) is 14.4 Å². The van der Waals surface area contributed by atoms with Crippen molar-refractivity contribution in [1.29, 1.82) is 0 Å². The number of amides is 3. The summed E-state index contributed by atoms with van der Waals surface area (Å²) in [7, 11) is 0. The van der Waals surface area contributed by atoms with Gasteiger partial charge in [0.15, 0.2) is 6.10 Å². The van der Waals surface area contributed by atoms with Crippen LogP contribution in [0.25, 0.3) is 0 Å². The number of hydrogen-bond donors (Lipinski definition) is 3. The molecule has 0 aromatic heterocycles. The molecule has 9 heteroatoms. The van der Waals surface area contributed by atoms with Gasteiger partial charge in [0, 0.05) is 21.8 Å². The lowest BCUT2D eigenvalue weighted by Crippen LogP contribution is -2.30. The third-order valence-corrected chi connectivity index (χ3v) is 3.87. The van der Waals surface area contributed by atoms with Crippen LogP contribution in [0.3, 0.4) is 0 Å². The topological polar surface area (TPSA) is 125 Å². The Morgan fingerprint density at radius 2 is 1.58 bits per heavy atom. The molecule has 0 aliphatic heterocycles. The minimum Gasteiger partial charge on any atom is -0.479 e. The van der Waals surface area contributed by atoms with Gasteiger partial charge in [0.1, 0.15) is 5.75 Å². The number of carbonyl (C=O) groups excluding carboxylic acids is 3. The molecule has 0 aliphatic rings. The predicted molar refractivity (Wildman–Crippen MR) is 98.7 cm³/mol. The van der Waals surface area contributed by atoms with Crippen LogP contribution < -0.4 is 21.5 Å². The number of primary amides is 2. The Hall–Kier alpha value is -2.77. The lowest BCUT2D eigenvalue weighted by atomic mass is 10.1. The molecule has 7 nitrogen and oxygen atoms in total. The van der Waals surface area contributed by atoms with Gasteiger partial charge in [-0.25, -0.2) is 0 Å². The van der Waals surface area contributed by atoms with Gasteiger partial charge >= 0.3 is 0 Å². The van der Waals surface area contributed by atoms with Crippen molar-refractivity contribution in [3.63, 3.8) is 0 Å². The van der Waals surface area contributed by atoms with Gasteiger partial charge in [-0.05, 0) is 43.3 Å². The van der Waals surface area contributed by atoms with Gasteiger partial charge in [-0.1, -0.05) is 23.2 Å². The molecule has 0 bridgehead atoms. The predicted octanol–water partition coefficient (Wildman–Crippen LogP) is 2.60. The van der Waals surface area contributed by atoms with Gasteiger partial charge in [0.25, 0.3) is 5.91 Å². The van der Waals surface area contributed by atoms with Crippen molar-refractivity contribution in [3.8, 4) is 5.75 Å². The van der Waals surface area contributed by atoms with Crippen molar-refractivity contribution < 1.29 is 19.1 Å². The number of benzene rings is 2. The monoisotopic (exact) mass is 395 g/mol. The summed E-state index contributed by atoms with van der Waals surface area (Å²) in [5, 5.41) is 3.22. The second kappa shape index (κ2) is 8.07. The molecule has 136 valence electrons. The minimum absolute atomic E-state index is 0.0333. The van der Waals surface area contributed by atoms with Crippen LogP contribution in [-0.2, 0) is 4.79 Å². The standard InChI is InChI=1S/C17H15Cl2N3O4/c1-8(26-14-3-2-11(18)7-13(14)19)17(25)22-12-5-9(15(20)23)4-10(6-12)16(21)24/h2-8H,1H3,(H2,20,23)(H2,21,24)(H,22,25). The first kappa shape index (κ1) is 19.6. The molecule has 2 aromatic carbocycles. The molecule has 0 fully saturated rings. The van der Waals surface area contributed by atoms with E-state index in [0.717, 1.165) is 0 Å². The van der Waals surface area contributed by atoms with Crippen LogP contribution >= 0.6 is 23.2 Å². The number of anilines is 1. The maximum absolute atomic E-state index is 12.3. The van der Waals surface area contributed by atoms with Gasteiger partial charge in [0.2, 0.25) is 11.8 Å². The van der Waals surface area contributed by atoms with Crippen molar-refractivity contribution in [2.45, 2.75) is 13.0 Å². The van der Waals surface area contributed by atoms with Crippen molar-refractivity contribution in [3.05, 3.63) is 57.6 Å². The van der Waals surface area contributed by atoms with Crippen LogP contribution in [0.15, 0.2) is 36.4 Å². The quantitative estimate of drug-likeness (QED) is 0.694. The maximum atomic E-state index is 12.3. The number of nitrogens with one attached hydrogen (secondary N) is 1. The van der Waals surface area contributed by atoms with E-state index < -0.39 is 23.8 Å². The molecule has 0 radical (unpaired) electrons. The van der Waals surface area contributed by atoms with E-state index in [1.165, 1.54) is 37.3 Å². The lowest BCUT2D eigenvalue weighted by Gasteiger charge is -2.16. The fourth-order valence-electron chi connectivity index (χ4n) is 2.04. The van der Waals surface area contributed by atoms with Crippen molar-refractivity contribution >= 4 is 46.6 Å². The summed E-state index contributed by atoms with van der Waals surface area (Å²) in [6.07, 6.45) is -0.928. The number of ether oxygens (including phenoxy) is 1. The molecule has 0 spiro atoms. The SMILES string of the molecule is CC(Oc1ccc(Cl)cc1Cl)C(=O)Nc1cc(C(N)=O)cc(C(N)=O)c1. The zero-order valence-corrected chi connectivity index (χ0v) is 15.1. The van der Waals surface area contributed by atoms with E-state index in [0.29, 0.717) is 5.02 Å². The molecule has 1 atom stereocenters. The molecule has 5 N–H and O–H groups in total. The van der Waals surface area contributed by atoms with Gasteiger partial charge < -0.3 is 21.5 Å². The zero-order chi connectivity index (χ0) is 19.4. The summed E-state index contributed by atoms with van der Waals surface area (Å²) in [6, 6.07) is 8.49. The highest BCUT2D eigenvalue weighted by Gasteiger charge is 2.18. The highest BCUT2D eigenvalue weighted by molar-refractivity contribution is 6.35. The van der Waals surface area contributed by atoms with Crippen molar-refractivity contribution in [2.75, 3.05) is 5.32 Å².